The molecule has 0 spiro atoms. The van der Waals surface area contributed by atoms with E-state index in [0.29, 0.717) is 0 Å². The first-order valence-electron chi connectivity index (χ1n) is 5.37. The summed E-state index contributed by atoms with van der Waals surface area (Å²) in [5, 5.41) is 9.37. The normalized spacial score (nSPS) is 12.1. The van der Waals surface area contributed by atoms with Crippen LogP contribution in [0.25, 0.3) is 0 Å². The molecule has 0 aliphatic carbocycles. The molecule has 1 atom stereocenters. The second-order valence-electron chi connectivity index (χ2n) is 3.65. The summed E-state index contributed by atoms with van der Waals surface area (Å²) in [5.74, 6) is 0.759. The molecule has 2 aromatic rings. The third-order valence-corrected chi connectivity index (χ3v) is 2.96. The van der Waals surface area contributed by atoms with Crippen LogP contribution >= 0.6 is 15.9 Å². The Balaban J connectivity index is 2.14. The zero-order valence-corrected chi connectivity index (χ0v) is 10.8. The summed E-state index contributed by atoms with van der Waals surface area (Å²) in [7, 11) is 0. The Morgan fingerprint density at radius 3 is 2.24 bits per heavy atom. The zero-order valence-electron chi connectivity index (χ0n) is 9.21. The summed E-state index contributed by atoms with van der Waals surface area (Å²) in [5.41, 5.74) is 0.958. The van der Waals surface area contributed by atoms with Crippen LogP contribution in [0.3, 0.4) is 0 Å². The number of hydrogen-bond donors (Lipinski definition) is 1. The summed E-state index contributed by atoms with van der Waals surface area (Å²) >= 11 is 3.38. The average molecular weight is 293 g/mol. The maximum atomic E-state index is 9.37. The first kappa shape index (κ1) is 12.1. The minimum Gasteiger partial charge on any atom is -0.483 e. The first-order valence-corrected chi connectivity index (χ1v) is 6.17. The van der Waals surface area contributed by atoms with Crippen molar-refractivity contribution in [1.29, 1.82) is 0 Å². The fraction of sp³-hybridized carbons (Fsp3) is 0.143. The summed E-state index contributed by atoms with van der Waals surface area (Å²) < 4.78 is 6.74. The summed E-state index contributed by atoms with van der Waals surface area (Å²) in [6.45, 7) is -0.0451. The van der Waals surface area contributed by atoms with Crippen molar-refractivity contribution >= 4 is 15.9 Å². The van der Waals surface area contributed by atoms with Crippen molar-refractivity contribution in [2.75, 3.05) is 6.61 Å². The molecule has 3 heteroatoms. The molecule has 0 aliphatic heterocycles. The third-order valence-electron chi connectivity index (χ3n) is 2.43. The second-order valence-corrected chi connectivity index (χ2v) is 4.57. The highest BCUT2D eigenvalue weighted by Gasteiger charge is 2.11. The Morgan fingerprint density at radius 1 is 1.00 bits per heavy atom. The van der Waals surface area contributed by atoms with Crippen molar-refractivity contribution in [3.8, 4) is 5.75 Å². The highest BCUT2D eigenvalue weighted by molar-refractivity contribution is 9.10. The molecule has 0 radical (unpaired) electrons. The molecule has 17 heavy (non-hydrogen) atoms. The first-order chi connectivity index (χ1) is 8.29. The van der Waals surface area contributed by atoms with Crippen molar-refractivity contribution in [1.82, 2.24) is 0 Å². The van der Waals surface area contributed by atoms with Crippen molar-refractivity contribution in [3.63, 3.8) is 0 Å². The number of rotatable bonds is 4. The molecule has 0 saturated carbocycles. The van der Waals surface area contributed by atoms with Gasteiger partial charge in [0, 0.05) is 4.47 Å². The van der Waals surface area contributed by atoms with Gasteiger partial charge in [-0.05, 0) is 29.8 Å². The molecule has 0 bridgehead atoms. The maximum Gasteiger partial charge on any atom is 0.147 e. The Hall–Kier alpha value is -1.32. The topological polar surface area (TPSA) is 29.5 Å². The number of benzene rings is 2. The molecule has 0 aliphatic rings. The van der Waals surface area contributed by atoms with Gasteiger partial charge >= 0.3 is 0 Å². The summed E-state index contributed by atoms with van der Waals surface area (Å²) in [6.07, 6.45) is -0.328. The van der Waals surface area contributed by atoms with E-state index in [1.54, 1.807) is 0 Å². The summed E-state index contributed by atoms with van der Waals surface area (Å²) in [4.78, 5) is 0. The van der Waals surface area contributed by atoms with E-state index in [-0.39, 0.29) is 12.7 Å². The van der Waals surface area contributed by atoms with Crippen LogP contribution in [-0.2, 0) is 0 Å². The lowest BCUT2D eigenvalue weighted by Gasteiger charge is -2.17. The fourth-order valence-electron chi connectivity index (χ4n) is 1.55. The van der Waals surface area contributed by atoms with E-state index in [0.717, 1.165) is 15.8 Å². The molecule has 0 amide bonds. The van der Waals surface area contributed by atoms with Crippen molar-refractivity contribution < 1.29 is 9.84 Å². The Kier molecular flexibility index (Phi) is 4.18. The van der Waals surface area contributed by atoms with Gasteiger partial charge in [0.15, 0.2) is 0 Å². The third kappa shape index (κ3) is 3.32. The molecular weight excluding hydrogens is 280 g/mol. The lowest BCUT2D eigenvalue weighted by atomic mass is 10.1. The molecule has 2 aromatic carbocycles. The van der Waals surface area contributed by atoms with Gasteiger partial charge in [-0.1, -0.05) is 46.3 Å². The van der Waals surface area contributed by atoms with Crippen LogP contribution in [0.4, 0.5) is 0 Å². The van der Waals surface area contributed by atoms with Crippen LogP contribution in [-0.4, -0.2) is 11.7 Å². The minimum absolute atomic E-state index is 0.0451. The van der Waals surface area contributed by atoms with E-state index in [1.807, 2.05) is 54.6 Å². The quantitative estimate of drug-likeness (QED) is 0.934. The average Bonchev–Trinajstić information content (AvgIpc) is 2.38. The van der Waals surface area contributed by atoms with Gasteiger partial charge in [-0.3, -0.25) is 0 Å². The van der Waals surface area contributed by atoms with Gasteiger partial charge < -0.3 is 9.84 Å². The van der Waals surface area contributed by atoms with Crippen LogP contribution in [0, 0.1) is 0 Å². The number of halogens is 1. The van der Waals surface area contributed by atoms with Crippen LogP contribution in [0.2, 0.25) is 0 Å². The predicted octanol–water partition coefficient (Wildman–Crippen LogP) is 3.56. The van der Waals surface area contributed by atoms with E-state index in [4.69, 9.17) is 4.74 Å². The van der Waals surface area contributed by atoms with Crippen LogP contribution < -0.4 is 4.74 Å². The fourth-order valence-corrected chi connectivity index (χ4v) is 1.82. The number of para-hydroxylation sites is 1. The van der Waals surface area contributed by atoms with Gasteiger partial charge in [-0.15, -0.1) is 0 Å². The number of hydrogen-bond acceptors (Lipinski definition) is 2. The molecule has 1 unspecified atom stereocenters. The monoisotopic (exact) mass is 292 g/mol. The molecule has 1 N–H and O–H groups in total. The van der Waals surface area contributed by atoms with Gasteiger partial charge in [-0.2, -0.15) is 0 Å². The minimum atomic E-state index is -0.328. The highest BCUT2D eigenvalue weighted by atomic mass is 79.9. The van der Waals surface area contributed by atoms with Crippen molar-refractivity contribution in [2.45, 2.75) is 6.10 Å². The van der Waals surface area contributed by atoms with Crippen LogP contribution in [0.5, 0.6) is 5.75 Å². The smallest absolute Gasteiger partial charge is 0.147 e. The van der Waals surface area contributed by atoms with Crippen molar-refractivity contribution in [3.05, 3.63) is 64.6 Å². The van der Waals surface area contributed by atoms with Gasteiger partial charge in [-0.25, -0.2) is 0 Å². The molecule has 0 saturated heterocycles. The number of ether oxygens (including phenoxy) is 1. The Bertz CT molecular complexity index is 453. The SMILES string of the molecule is OCC(Oc1ccccc1)c1ccc(Br)cc1. The van der Waals surface area contributed by atoms with E-state index in [1.165, 1.54) is 0 Å². The second kappa shape index (κ2) is 5.84. The standard InChI is InChI=1S/C14H13BrO2/c15-12-8-6-11(7-9-12)14(10-16)17-13-4-2-1-3-5-13/h1-9,14,16H,10H2. The van der Waals surface area contributed by atoms with Gasteiger partial charge in [0.1, 0.15) is 11.9 Å². The molecule has 88 valence electrons. The molecular formula is C14H13BrO2. The molecule has 0 heterocycles. The van der Waals surface area contributed by atoms with E-state index >= 15 is 0 Å². The predicted molar refractivity (Wildman–Crippen MR) is 71.0 cm³/mol. The molecule has 2 rings (SSSR count). The van der Waals surface area contributed by atoms with Crippen LogP contribution in [0.15, 0.2) is 59.1 Å². The maximum absolute atomic E-state index is 9.37. The van der Waals surface area contributed by atoms with E-state index in [2.05, 4.69) is 15.9 Å². The largest absolute Gasteiger partial charge is 0.483 e. The molecule has 2 nitrogen and oxygen atoms in total. The van der Waals surface area contributed by atoms with E-state index < -0.39 is 0 Å². The lowest BCUT2D eigenvalue weighted by Crippen LogP contribution is -2.11. The Labute approximate surface area is 109 Å². The zero-order chi connectivity index (χ0) is 12.1. The van der Waals surface area contributed by atoms with Crippen molar-refractivity contribution in [2.24, 2.45) is 0 Å². The highest BCUT2D eigenvalue weighted by Crippen LogP contribution is 2.22. The van der Waals surface area contributed by atoms with Gasteiger partial charge in [0.25, 0.3) is 0 Å². The molecule has 0 fully saturated rings. The van der Waals surface area contributed by atoms with E-state index in [9.17, 15) is 5.11 Å². The summed E-state index contributed by atoms with van der Waals surface area (Å²) in [6, 6.07) is 17.3. The van der Waals surface area contributed by atoms with Gasteiger partial charge in [0.2, 0.25) is 0 Å². The molecule has 0 aromatic heterocycles. The lowest BCUT2D eigenvalue weighted by molar-refractivity contribution is 0.116. The number of aliphatic hydroxyl groups is 1. The van der Waals surface area contributed by atoms with Gasteiger partial charge in [0.05, 0.1) is 6.61 Å². The van der Waals surface area contributed by atoms with Crippen LogP contribution in [0.1, 0.15) is 11.7 Å². The Morgan fingerprint density at radius 2 is 1.65 bits per heavy atom. The number of aliphatic hydroxyl groups excluding tert-OH is 1.